The summed E-state index contributed by atoms with van der Waals surface area (Å²) in [5.41, 5.74) is 0.532. The Morgan fingerprint density at radius 1 is 1.16 bits per heavy atom. The molecule has 1 aliphatic rings. The number of carbonyl (C=O) groups is 2. The third kappa shape index (κ3) is 2.64. The van der Waals surface area contributed by atoms with Gasteiger partial charge in [0.25, 0.3) is 15.9 Å². The van der Waals surface area contributed by atoms with Gasteiger partial charge in [-0.15, -0.1) is 0 Å². The van der Waals surface area contributed by atoms with E-state index in [9.17, 15) is 18.0 Å². The Bertz CT molecular complexity index is 1020. The zero-order chi connectivity index (χ0) is 18.2. The van der Waals surface area contributed by atoms with Gasteiger partial charge < -0.3 is 5.32 Å². The lowest BCUT2D eigenvalue weighted by molar-refractivity contribution is -0.118. The van der Waals surface area contributed by atoms with Crippen molar-refractivity contribution in [3.63, 3.8) is 0 Å². The van der Waals surface area contributed by atoms with E-state index in [0.717, 1.165) is 0 Å². The molecule has 2 aromatic rings. The average Bonchev–Trinajstić information content (AvgIpc) is 2.81. The molecular formula is C17H13N3O4S. The number of nitrogens with one attached hydrogen (secondary N) is 1. The van der Waals surface area contributed by atoms with Crippen molar-refractivity contribution in [3.05, 3.63) is 59.7 Å². The topological polar surface area (TPSA) is 107 Å². The van der Waals surface area contributed by atoms with Crippen molar-refractivity contribution in [3.8, 4) is 6.07 Å². The van der Waals surface area contributed by atoms with Crippen LogP contribution in [0.5, 0.6) is 0 Å². The second kappa shape index (κ2) is 6.03. The maximum Gasteiger partial charge on any atom is 0.269 e. The number of sulfonamides is 1. The third-order valence-electron chi connectivity index (χ3n) is 3.89. The first-order valence-electron chi connectivity index (χ1n) is 7.35. The predicted octanol–water partition coefficient (Wildman–Crippen LogP) is 1.73. The number of nitrogens with zero attached hydrogens (tertiary/aromatic N) is 2. The van der Waals surface area contributed by atoms with E-state index in [2.05, 4.69) is 5.32 Å². The molecule has 0 spiro atoms. The number of anilines is 1. The average molecular weight is 355 g/mol. The van der Waals surface area contributed by atoms with Crippen LogP contribution in [0.15, 0.2) is 53.4 Å². The minimum atomic E-state index is -4.09. The van der Waals surface area contributed by atoms with Crippen molar-refractivity contribution in [2.24, 2.45) is 0 Å². The predicted molar refractivity (Wildman–Crippen MR) is 89.0 cm³/mol. The van der Waals surface area contributed by atoms with Crippen LogP contribution in [0, 0.1) is 11.3 Å². The molecule has 1 unspecified atom stereocenters. The summed E-state index contributed by atoms with van der Waals surface area (Å²) >= 11 is 0. The van der Waals surface area contributed by atoms with Crippen LogP contribution in [0.3, 0.4) is 0 Å². The van der Waals surface area contributed by atoms with Gasteiger partial charge in [-0.2, -0.15) is 5.26 Å². The molecule has 25 heavy (non-hydrogen) atoms. The molecule has 1 heterocycles. The van der Waals surface area contributed by atoms with Gasteiger partial charge in [0.1, 0.15) is 17.0 Å². The van der Waals surface area contributed by atoms with Crippen molar-refractivity contribution in [1.82, 2.24) is 4.31 Å². The summed E-state index contributed by atoms with van der Waals surface area (Å²) < 4.78 is 25.7. The fourth-order valence-corrected chi connectivity index (χ4v) is 4.34. The smallest absolute Gasteiger partial charge is 0.269 e. The first kappa shape index (κ1) is 16.7. The quantitative estimate of drug-likeness (QED) is 0.902. The third-order valence-corrected chi connectivity index (χ3v) is 5.80. The molecule has 0 bridgehead atoms. The Hall–Kier alpha value is -3.18. The van der Waals surface area contributed by atoms with Gasteiger partial charge in [0.2, 0.25) is 5.91 Å². The summed E-state index contributed by atoms with van der Waals surface area (Å²) in [4.78, 5) is 24.8. The van der Waals surface area contributed by atoms with E-state index in [1.54, 1.807) is 18.2 Å². The molecule has 2 aromatic carbocycles. The highest BCUT2D eigenvalue weighted by Crippen LogP contribution is 2.32. The largest absolute Gasteiger partial charge is 0.323 e. The lowest BCUT2D eigenvalue weighted by atomic mass is 10.1. The minimum Gasteiger partial charge on any atom is -0.323 e. The van der Waals surface area contributed by atoms with E-state index in [1.807, 2.05) is 6.07 Å². The molecule has 1 aliphatic heterocycles. The maximum atomic E-state index is 12.6. The maximum absolute atomic E-state index is 12.6. The van der Waals surface area contributed by atoms with E-state index < -0.39 is 27.9 Å². The fraction of sp³-hybridized carbons (Fsp3) is 0.118. The molecule has 0 aliphatic carbocycles. The highest BCUT2D eigenvalue weighted by Gasteiger charge is 2.45. The second-order valence-electron chi connectivity index (χ2n) is 5.42. The van der Waals surface area contributed by atoms with Crippen LogP contribution in [0.1, 0.15) is 22.8 Å². The number of carbonyl (C=O) groups excluding carboxylic acids is 2. The van der Waals surface area contributed by atoms with Crippen LogP contribution >= 0.6 is 0 Å². The molecule has 0 fully saturated rings. The van der Waals surface area contributed by atoms with E-state index in [4.69, 9.17) is 5.26 Å². The van der Waals surface area contributed by atoms with Crippen molar-refractivity contribution in [1.29, 1.82) is 5.26 Å². The summed E-state index contributed by atoms with van der Waals surface area (Å²) in [7, 11) is -4.09. The number of nitriles is 1. The van der Waals surface area contributed by atoms with E-state index >= 15 is 0 Å². The standard InChI is InChI=1S/C17H13N3O4S/c1-11(16(21)19-14-8-4-2-6-12(14)10-18)20-17(22)13-7-3-5-9-15(13)25(20,23)24/h2-9,11H,1H3,(H,19,21). The number of para-hydroxylation sites is 1. The molecule has 8 heteroatoms. The first-order chi connectivity index (χ1) is 11.9. The van der Waals surface area contributed by atoms with Crippen LogP contribution < -0.4 is 5.32 Å². The van der Waals surface area contributed by atoms with Crippen LogP contribution in [0.2, 0.25) is 0 Å². The van der Waals surface area contributed by atoms with Gasteiger partial charge in [0.15, 0.2) is 0 Å². The number of rotatable bonds is 3. The number of hydrogen-bond donors (Lipinski definition) is 1. The number of fused-ring (bicyclic) bond motifs is 1. The van der Waals surface area contributed by atoms with Gasteiger partial charge in [-0.3, -0.25) is 9.59 Å². The molecule has 1 N–H and O–H groups in total. The molecule has 0 aromatic heterocycles. The van der Waals surface area contributed by atoms with Gasteiger partial charge in [0, 0.05) is 0 Å². The van der Waals surface area contributed by atoms with Crippen molar-refractivity contribution >= 4 is 27.5 Å². The Labute approximate surface area is 144 Å². The van der Waals surface area contributed by atoms with Gasteiger partial charge in [0.05, 0.1) is 16.8 Å². The van der Waals surface area contributed by atoms with E-state index in [1.165, 1.54) is 37.3 Å². The molecule has 3 rings (SSSR count). The van der Waals surface area contributed by atoms with Gasteiger partial charge >= 0.3 is 0 Å². The molecule has 0 saturated heterocycles. The lowest BCUT2D eigenvalue weighted by Crippen LogP contribution is -2.45. The molecule has 0 radical (unpaired) electrons. The zero-order valence-corrected chi connectivity index (χ0v) is 13.9. The Morgan fingerprint density at radius 2 is 1.80 bits per heavy atom. The Kier molecular flexibility index (Phi) is 4.02. The number of benzene rings is 2. The normalized spacial score (nSPS) is 16.0. The highest BCUT2D eigenvalue weighted by molar-refractivity contribution is 7.90. The Balaban J connectivity index is 1.92. The molecule has 126 valence electrons. The van der Waals surface area contributed by atoms with Crippen molar-refractivity contribution in [2.45, 2.75) is 17.9 Å². The van der Waals surface area contributed by atoms with Gasteiger partial charge in [-0.05, 0) is 31.2 Å². The van der Waals surface area contributed by atoms with Crippen LogP contribution in [-0.4, -0.2) is 30.6 Å². The summed E-state index contributed by atoms with van der Waals surface area (Å²) in [5.74, 6) is -1.45. The molecular weight excluding hydrogens is 342 g/mol. The first-order valence-corrected chi connectivity index (χ1v) is 8.79. The molecule has 7 nitrogen and oxygen atoms in total. The molecule has 0 saturated carbocycles. The van der Waals surface area contributed by atoms with Crippen LogP contribution in [0.25, 0.3) is 0 Å². The van der Waals surface area contributed by atoms with E-state index in [-0.39, 0.29) is 21.7 Å². The van der Waals surface area contributed by atoms with Gasteiger partial charge in [-0.1, -0.05) is 24.3 Å². The summed E-state index contributed by atoms with van der Waals surface area (Å²) in [6, 6.07) is 12.8. The fourth-order valence-electron chi connectivity index (χ4n) is 2.62. The second-order valence-corrected chi connectivity index (χ2v) is 7.21. The van der Waals surface area contributed by atoms with Crippen molar-refractivity contribution in [2.75, 3.05) is 5.32 Å². The summed E-state index contributed by atoms with van der Waals surface area (Å²) in [6.07, 6.45) is 0. The Morgan fingerprint density at radius 3 is 2.48 bits per heavy atom. The minimum absolute atomic E-state index is 0.0413. The SMILES string of the molecule is CC(C(=O)Nc1ccccc1C#N)N1C(=O)c2ccccc2S1(=O)=O. The van der Waals surface area contributed by atoms with Gasteiger partial charge in [-0.25, -0.2) is 12.7 Å². The number of amides is 2. The van der Waals surface area contributed by atoms with Crippen LogP contribution in [-0.2, 0) is 14.8 Å². The monoisotopic (exact) mass is 355 g/mol. The van der Waals surface area contributed by atoms with Crippen LogP contribution in [0.4, 0.5) is 5.69 Å². The number of hydrogen-bond acceptors (Lipinski definition) is 5. The molecule has 1 atom stereocenters. The lowest BCUT2D eigenvalue weighted by Gasteiger charge is -2.22. The summed E-state index contributed by atoms with van der Waals surface area (Å²) in [5, 5.41) is 11.6. The highest BCUT2D eigenvalue weighted by atomic mass is 32.2. The summed E-state index contributed by atoms with van der Waals surface area (Å²) in [6.45, 7) is 1.33. The zero-order valence-electron chi connectivity index (χ0n) is 13.1. The van der Waals surface area contributed by atoms with E-state index in [0.29, 0.717) is 4.31 Å². The molecule has 2 amide bonds. The van der Waals surface area contributed by atoms with Crippen molar-refractivity contribution < 1.29 is 18.0 Å².